The second kappa shape index (κ2) is 12.9. The minimum Gasteiger partial charge on any atom is -0.452 e. The van der Waals surface area contributed by atoms with Crippen LogP contribution in [0, 0.1) is 0 Å². The van der Waals surface area contributed by atoms with Gasteiger partial charge in [-0.3, -0.25) is 0 Å². The van der Waals surface area contributed by atoms with E-state index in [4.69, 9.17) is 8.83 Å². The van der Waals surface area contributed by atoms with E-state index in [1.807, 2.05) is 6.08 Å². The van der Waals surface area contributed by atoms with Gasteiger partial charge in [0, 0.05) is 54.6 Å². The molecule has 4 heterocycles. The number of furan rings is 2. The zero-order chi connectivity index (χ0) is 39.2. The third-order valence-corrected chi connectivity index (χ3v) is 12.0. The molecular formula is C55H36N2O2. The molecule has 0 atom stereocenters. The van der Waals surface area contributed by atoms with Crippen LogP contribution in [0.5, 0.6) is 0 Å². The summed E-state index contributed by atoms with van der Waals surface area (Å²) < 4.78 is 18.1. The quantitative estimate of drug-likeness (QED) is 0.169. The van der Waals surface area contributed by atoms with Gasteiger partial charge in [-0.15, -0.1) is 0 Å². The number of hydrogen-bond donors (Lipinski definition) is 0. The Morgan fingerprint density at radius 2 is 0.881 bits per heavy atom. The number of para-hydroxylation sites is 3. The molecule has 0 unspecified atom stereocenters. The standard InChI is InChI=1S/C55H36N2O2/c1-3-13-40-41-18-5-8-21-49(41)56(48(40)4-2)38-16-11-14-34(30-38)36-24-26-44-46-28-29-47-45-27-25-37(33-53(45)59-55(47)54(46)58-52(44)32-36)35-15-12-17-39(31-35)57-50-22-9-6-19-42(50)43-20-7-10-23-51(43)57/h3-33H,2H2,1H3/b13-3-. The molecule has 0 aliphatic rings. The van der Waals surface area contributed by atoms with Crippen molar-refractivity contribution in [1.82, 2.24) is 9.13 Å². The van der Waals surface area contributed by atoms with Gasteiger partial charge >= 0.3 is 0 Å². The summed E-state index contributed by atoms with van der Waals surface area (Å²) in [7, 11) is 0. The van der Waals surface area contributed by atoms with Crippen LogP contribution < -0.4 is 0 Å². The average Bonchev–Trinajstić information content (AvgIpc) is 4.04. The Kier molecular flexibility index (Phi) is 7.26. The van der Waals surface area contributed by atoms with Crippen molar-refractivity contribution >= 4 is 88.7 Å². The molecular weight excluding hydrogens is 721 g/mol. The van der Waals surface area contributed by atoms with Crippen LogP contribution in [0.1, 0.15) is 18.2 Å². The number of fused-ring (bicyclic) bond motifs is 11. The zero-order valence-electron chi connectivity index (χ0n) is 32.3. The highest BCUT2D eigenvalue weighted by atomic mass is 16.4. The summed E-state index contributed by atoms with van der Waals surface area (Å²) in [6.45, 7) is 6.25. The van der Waals surface area contributed by atoms with Crippen molar-refractivity contribution in [1.29, 1.82) is 0 Å². The third kappa shape index (κ3) is 4.96. The van der Waals surface area contributed by atoms with Crippen LogP contribution in [0.3, 0.4) is 0 Å². The molecule has 8 aromatic carbocycles. The smallest absolute Gasteiger partial charge is 0.178 e. The zero-order valence-corrected chi connectivity index (χ0v) is 32.3. The second-order valence-electron chi connectivity index (χ2n) is 15.3. The molecule has 0 N–H and O–H groups in total. The minimum absolute atomic E-state index is 0.764. The third-order valence-electron chi connectivity index (χ3n) is 12.0. The van der Waals surface area contributed by atoms with Gasteiger partial charge in [-0.2, -0.15) is 0 Å². The van der Waals surface area contributed by atoms with Gasteiger partial charge in [0.05, 0.1) is 22.2 Å². The van der Waals surface area contributed by atoms with Crippen LogP contribution in [0.25, 0.3) is 122 Å². The number of rotatable bonds is 6. The maximum atomic E-state index is 6.72. The van der Waals surface area contributed by atoms with Crippen molar-refractivity contribution in [2.24, 2.45) is 0 Å². The normalized spacial score (nSPS) is 12.2. The topological polar surface area (TPSA) is 36.1 Å². The molecule has 0 saturated carbocycles. The molecule has 0 aliphatic heterocycles. The van der Waals surface area contributed by atoms with Crippen molar-refractivity contribution in [2.45, 2.75) is 6.92 Å². The van der Waals surface area contributed by atoms with Gasteiger partial charge < -0.3 is 18.0 Å². The van der Waals surface area contributed by atoms with Crippen LogP contribution in [-0.4, -0.2) is 9.13 Å². The van der Waals surface area contributed by atoms with E-state index in [0.29, 0.717) is 0 Å². The van der Waals surface area contributed by atoms with E-state index in [2.05, 4.69) is 205 Å². The Labute approximate surface area is 339 Å². The molecule has 12 rings (SSSR count). The molecule has 4 aromatic heterocycles. The van der Waals surface area contributed by atoms with E-state index in [9.17, 15) is 0 Å². The molecule has 0 radical (unpaired) electrons. The van der Waals surface area contributed by atoms with Crippen LogP contribution in [0.2, 0.25) is 0 Å². The van der Waals surface area contributed by atoms with Crippen LogP contribution >= 0.6 is 0 Å². The second-order valence-corrected chi connectivity index (χ2v) is 15.3. The van der Waals surface area contributed by atoms with Crippen LogP contribution in [0.15, 0.2) is 191 Å². The highest BCUT2D eigenvalue weighted by molar-refractivity contribution is 6.19. The highest BCUT2D eigenvalue weighted by Crippen LogP contribution is 2.42. The molecule has 0 spiro atoms. The Morgan fingerprint density at radius 1 is 0.424 bits per heavy atom. The predicted octanol–water partition coefficient (Wildman–Crippen LogP) is 15.5. The van der Waals surface area contributed by atoms with Gasteiger partial charge in [0.25, 0.3) is 0 Å². The largest absolute Gasteiger partial charge is 0.452 e. The maximum Gasteiger partial charge on any atom is 0.178 e. The minimum atomic E-state index is 0.764. The molecule has 4 nitrogen and oxygen atoms in total. The lowest BCUT2D eigenvalue weighted by Gasteiger charge is -2.11. The first-order chi connectivity index (χ1) is 29.2. The summed E-state index contributed by atoms with van der Waals surface area (Å²) in [5.41, 5.74) is 15.6. The lowest BCUT2D eigenvalue weighted by molar-refractivity contribution is 0.633. The highest BCUT2D eigenvalue weighted by Gasteiger charge is 2.19. The Balaban J connectivity index is 0.939. The molecule has 4 heteroatoms. The fourth-order valence-electron chi connectivity index (χ4n) is 9.38. The number of aromatic nitrogens is 2. The van der Waals surface area contributed by atoms with E-state index in [1.54, 1.807) is 0 Å². The van der Waals surface area contributed by atoms with Gasteiger partial charge in [-0.25, -0.2) is 0 Å². The van der Waals surface area contributed by atoms with Gasteiger partial charge in [0.2, 0.25) is 0 Å². The SMILES string of the molecule is C=Cc1c(/C=C\C)c2ccccc2n1-c1cccc(-c2ccc3c(c2)oc2c3ccc3c4ccc(-c5cccc(-n6c7ccccc7c7ccccc76)c5)cc4oc32)c1. The van der Waals surface area contributed by atoms with Crippen LogP contribution in [-0.2, 0) is 0 Å². The van der Waals surface area contributed by atoms with E-state index >= 15 is 0 Å². The van der Waals surface area contributed by atoms with Crippen molar-refractivity contribution in [3.63, 3.8) is 0 Å². The van der Waals surface area contributed by atoms with Gasteiger partial charge in [-0.1, -0.05) is 110 Å². The summed E-state index contributed by atoms with van der Waals surface area (Å²) in [5, 5.41) is 7.91. The van der Waals surface area contributed by atoms with Crippen molar-refractivity contribution < 1.29 is 8.83 Å². The first-order valence-electron chi connectivity index (χ1n) is 20.1. The molecule has 0 saturated heterocycles. The fraction of sp³-hybridized carbons (Fsp3) is 0.0182. The Hall–Kier alpha value is -7.82. The number of nitrogens with zero attached hydrogens (tertiary/aromatic N) is 2. The predicted molar refractivity (Wildman–Crippen MR) is 248 cm³/mol. The Morgan fingerprint density at radius 3 is 1.41 bits per heavy atom. The van der Waals surface area contributed by atoms with Crippen molar-refractivity contribution in [3.8, 4) is 33.6 Å². The summed E-state index contributed by atoms with van der Waals surface area (Å²) in [6, 6.07) is 60.6. The first-order valence-corrected chi connectivity index (χ1v) is 20.1. The summed E-state index contributed by atoms with van der Waals surface area (Å²) in [5.74, 6) is 0. The summed E-state index contributed by atoms with van der Waals surface area (Å²) in [4.78, 5) is 0. The molecule has 59 heavy (non-hydrogen) atoms. The maximum absolute atomic E-state index is 6.72. The molecule has 0 aliphatic carbocycles. The molecule has 12 aromatic rings. The molecule has 0 bridgehead atoms. The van der Waals surface area contributed by atoms with Crippen molar-refractivity contribution in [3.05, 3.63) is 194 Å². The monoisotopic (exact) mass is 756 g/mol. The van der Waals surface area contributed by atoms with Crippen molar-refractivity contribution in [2.75, 3.05) is 0 Å². The lowest BCUT2D eigenvalue weighted by atomic mass is 10.0. The number of hydrogen-bond acceptors (Lipinski definition) is 2. The summed E-state index contributed by atoms with van der Waals surface area (Å²) in [6.07, 6.45) is 6.20. The lowest BCUT2D eigenvalue weighted by Crippen LogP contribution is -1.97. The van der Waals surface area contributed by atoms with Gasteiger partial charge in [0.1, 0.15) is 11.2 Å². The average molecular weight is 757 g/mol. The molecule has 0 fully saturated rings. The van der Waals surface area contributed by atoms with E-state index < -0.39 is 0 Å². The number of benzene rings is 8. The molecule has 0 amide bonds. The molecule has 278 valence electrons. The van der Waals surface area contributed by atoms with Gasteiger partial charge in [0.15, 0.2) is 11.2 Å². The van der Waals surface area contributed by atoms with E-state index in [-0.39, 0.29) is 0 Å². The van der Waals surface area contributed by atoms with Gasteiger partial charge in [-0.05, 0) is 114 Å². The first kappa shape index (κ1) is 33.3. The summed E-state index contributed by atoms with van der Waals surface area (Å²) >= 11 is 0. The Bertz CT molecular complexity index is 3660. The van der Waals surface area contributed by atoms with E-state index in [1.165, 1.54) is 32.8 Å². The number of allylic oxidation sites excluding steroid dienone is 1. The fourth-order valence-corrected chi connectivity index (χ4v) is 9.38. The van der Waals surface area contributed by atoms with Crippen LogP contribution in [0.4, 0.5) is 0 Å². The van der Waals surface area contributed by atoms with E-state index in [0.717, 1.165) is 88.7 Å².